The Bertz CT molecular complexity index is 607. The van der Waals surface area contributed by atoms with Gasteiger partial charge in [0.25, 0.3) is 0 Å². The SMILES string of the molecule is COC(=O)c1c([N+](=O)[O-])cnn1Cc1ccccc1. The summed E-state index contributed by atoms with van der Waals surface area (Å²) >= 11 is 0. The lowest BCUT2D eigenvalue weighted by Crippen LogP contribution is -2.14. The van der Waals surface area contributed by atoms with Crippen molar-refractivity contribution in [1.82, 2.24) is 9.78 Å². The van der Waals surface area contributed by atoms with Crippen LogP contribution in [0.1, 0.15) is 16.1 Å². The molecule has 0 radical (unpaired) electrons. The summed E-state index contributed by atoms with van der Waals surface area (Å²) in [5, 5.41) is 14.7. The topological polar surface area (TPSA) is 87.3 Å². The molecule has 1 aromatic carbocycles. The van der Waals surface area contributed by atoms with Gasteiger partial charge in [-0.15, -0.1) is 0 Å². The second-order valence-corrected chi connectivity index (χ2v) is 3.77. The number of hydrogen-bond acceptors (Lipinski definition) is 5. The number of nitrogens with zero attached hydrogens (tertiary/aromatic N) is 3. The van der Waals surface area contributed by atoms with Crippen LogP contribution in [0.15, 0.2) is 36.5 Å². The van der Waals surface area contributed by atoms with E-state index in [2.05, 4.69) is 9.84 Å². The molecule has 0 fully saturated rings. The number of hydrogen-bond donors (Lipinski definition) is 0. The summed E-state index contributed by atoms with van der Waals surface area (Å²) in [5.41, 5.74) is 0.366. The maximum Gasteiger partial charge on any atom is 0.363 e. The first-order chi connectivity index (χ1) is 9.13. The minimum Gasteiger partial charge on any atom is -0.464 e. The molecule has 19 heavy (non-hydrogen) atoms. The van der Waals surface area contributed by atoms with Crippen molar-refractivity contribution in [1.29, 1.82) is 0 Å². The van der Waals surface area contributed by atoms with E-state index in [0.717, 1.165) is 11.8 Å². The standard InChI is InChI=1S/C12H11N3O4/c1-19-12(16)11-10(15(17)18)7-13-14(11)8-9-5-3-2-4-6-9/h2-7H,8H2,1H3. The van der Waals surface area contributed by atoms with Crippen LogP contribution in [0.3, 0.4) is 0 Å². The van der Waals surface area contributed by atoms with E-state index in [1.165, 1.54) is 11.8 Å². The number of aromatic nitrogens is 2. The summed E-state index contributed by atoms with van der Waals surface area (Å²) < 4.78 is 5.82. The highest BCUT2D eigenvalue weighted by atomic mass is 16.6. The van der Waals surface area contributed by atoms with Crippen LogP contribution in [0.2, 0.25) is 0 Å². The van der Waals surface area contributed by atoms with E-state index in [1.54, 1.807) is 0 Å². The second-order valence-electron chi connectivity index (χ2n) is 3.77. The molecule has 7 heteroatoms. The quantitative estimate of drug-likeness (QED) is 0.474. The summed E-state index contributed by atoms with van der Waals surface area (Å²) in [4.78, 5) is 21.8. The number of carbonyl (C=O) groups is 1. The molecule has 7 nitrogen and oxygen atoms in total. The molecule has 0 bridgehead atoms. The first-order valence-corrected chi connectivity index (χ1v) is 5.46. The second kappa shape index (κ2) is 5.30. The number of esters is 1. The van der Waals surface area contributed by atoms with Gasteiger partial charge in [0.2, 0.25) is 5.69 Å². The Morgan fingerprint density at radius 3 is 2.68 bits per heavy atom. The van der Waals surface area contributed by atoms with Crippen LogP contribution in [-0.2, 0) is 11.3 Å². The van der Waals surface area contributed by atoms with E-state index in [1.807, 2.05) is 30.3 Å². The maximum atomic E-state index is 11.6. The van der Waals surface area contributed by atoms with Crippen molar-refractivity contribution in [2.45, 2.75) is 6.54 Å². The van der Waals surface area contributed by atoms with Crippen molar-refractivity contribution in [3.05, 3.63) is 57.9 Å². The number of ether oxygens (including phenoxy) is 1. The zero-order valence-electron chi connectivity index (χ0n) is 10.1. The molecule has 0 atom stereocenters. The van der Waals surface area contributed by atoms with Crippen molar-refractivity contribution < 1.29 is 14.5 Å². The predicted molar refractivity (Wildman–Crippen MR) is 65.8 cm³/mol. The number of rotatable bonds is 4. The summed E-state index contributed by atoms with van der Waals surface area (Å²) in [5.74, 6) is -0.778. The predicted octanol–water partition coefficient (Wildman–Crippen LogP) is 1.63. The number of benzene rings is 1. The summed E-state index contributed by atoms with van der Waals surface area (Å²) in [6, 6.07) is 9.22. The summed E-state index contributed by atoms with van der Waals surface area (Å²) in [6.07, 6.45) is 1.05. The maximum absolute atomic E-state index is 11.6. The molecule has 0 saturated heterocycles. The lowest BCUT2D eigenvalue weighted by molar-refractivity contribution is -0.385. The van der Waals surface area contributed by atoms with Crippen LogP contribution in [0.25, 0.3) is 0 Å². The normalized spacial score (nSPS) is 10.2. The molecule has 2 aromatic rings. The minimum absolute atomic E-state index is 0.156. The van der Waals surface area contributed by atoms with E-state index in [4.69, 9.17) is 0 Å². The van der Waals surface area contributed by atoms with Gasteiger partial charge in [0.15, 0.2) is 0 Å². The molecule has 0 aliphatic carbocycles. The Labute approximate surface area is 108 Å². The number of carbonyl (C=O) groups excluding carboxylic acids is 1. The number of methoxy groups -OCH3 is 1. The van der Waals surface area contributed by atoms with E-state index in [-0.39, 0.29) is 17.9 Å². The largest absolute Gasteiger partial charge is 0.464 e. The average Bonchev–Trinajstić information content (AvgIpc) is 2.83. The fraction of sp³-hybridized carbons (Fsp3) is 0.167. The van der Waals surface area contributed by atoms with Crippen LogP contribution < -0.4 is 0 Å². The molecular weight excluding hydrogens is 250 g/mol. The third-order valence-electron chi connectivity index (χ3n) is 2.57. The highest BCUT2D eigenvalue weighted by molar-refractivity contribution is 5.91. The van der Waals surface area contributed by atoms with Crippen molar-refractivity contribution in [3.63, 3.8) is 0 Å². The van der Waals surface area contributed by atoms with Crippen LogP contribution in [-0.4, -0.2) is 27.8 Å². The van der Waals surface area contributed by atoms with E-state index in [0.29, 0.717) is 0 Å². The Balaban J connectivity index is 2.41. The zero-order chi connectivity index (χ0) is 13.8. The van der Waals surface area contributed by atoms with Gasteiger partial charge in [-0.25, -0.2) is 9.48 Å². The molecule has 0 N–H and O–H groups in total. The molecule has 0 aliphatic rings. The summed E-state index contributed by atoms with van der Waals surface area (Å²) in [7, 11) is 1.17. The zero-order valence-corrected chi connectivity index (χ0v) is 10.1. The van der Waals surface area contributed by atoms with Crippen LogP contribution >= 0.6 is 0 Å². The molecule has 0 spiro atoms. The Hall–Kier alpha value is -2.70. The minimum atomic E-state index is -0.778. The third kappa shape index (κ3) is 2.59. The smallest absolute Gasteiger partial charge is 0.363 e. The van der Waals surface area contributed by atoms with E-state index >= 15 is 0 Å². The fourth-order valence-electron chi connectivity index (χ4n) is 1.69. The molecular formula is C12H11N3O4. The lowest BCUT2D eigenvalue weighted by Gasteiger charge is -2.05. The Kier molecular flexibility index (Phi) is 3.56. The molecule has 0 unspecified atom stereocenters. The van der Waals surface area contributed by atoms with Gasteiger partial charge in [-0.3, -0.25) is 10.1 Å². The van der Waals surface area contributed by atoms with Crippen LogP contribution in [0.4, 0.5) is 5.69 Å². The van der Waals surface area contributed by atoms with Gasteiger partial charge >= 0.3 is 11.7 Å². The van der Waals surface area contributed by atoms with Gasteiger partial charge in [0, 0.05) is 0 Å². The van der Waals surface area contributed by atoms with Crippen molar-refractivity contribution in [3.8, 4) is 0 Å². The molecule has 0 amide bonds. The van der Waals surface area contributed by atoms with E-state index in [9.17, 15) is 14.9 Å². The first kappa shape index (κ1) is 12.7. The number of nitro groups is 1. The lowest BCUT2D eigenvalue weighted by atomic mass is 10.2. The highest BCUT2D eigenvalue weighted by Gasteiger charge is 2.27. The third-order valence-corrected chi connectivity index (χ3v) is 2.57. The van der Waals surface area contributed by atoms with Crippen LogP contribution in [0.5, 0.6) is 0 Å². The molecule has 1 aromatic heterocycles. The molecule has 0 saturated carbocycles. The first-order valence-electron chi connectivity index (χ1n) is 5.46. The van der Waals surface area contributed by atoms with Gasteiger partial charge in [0.05, 0.1) is 18.6 Å². The molecule has 0 aliphatic heterocycles. The van der Waals surface area contributed by atoms with Gasteiger partial charge < -0.3 is 4.74 Å². The van der Waals surface area contributed by atoms with Gasteiger partial charge in [-0.05, 0) is 5.56 Å². The van der Waals surface area contributed by atoms with Gasteiger partial charge in [-0.1, -0.05) is 30.3 Å². The molecule has 2 rings (SSSR count). The highest BCUT2D eigenvalue weighted by Crippen LogP contribution is 2.19. The fourth-order valence-corrected chi connectivity index (χ4v) is 1.69. The van der Waals surface area contributed by atoms with Crippen molar-refractivity contribution in [2.75, 3.05) is 7.11 Å². The van der Waals surface area contributed by atoms with Crippen LogP contribution in [0, 0.1) is 10.1 Å². The Morgan fingerprint density at radius 1 is 1.42 bits per heavy atom. The molecule has 98 valence electrons. The monoisotopic (exact) mass is 261 g/mol. The van der Waals surface area contributed by atoms with Gasteiger partial charge in [0.1, 0.15) is 6.20 Å². The molecule has 1 heterocycles. The summed E-state index contributed by atoms with van der Waals surface area (Å²) in [6.45, 7) is 0.263. The average molecular weight is 261 g/mol. The van der Waals surface area contributed by atoms with Gasteiger partial charge in [-0.2, -0.15) is 5.10 Å². The van der Waals surface area contributed by atoms with Crippen molar-refractivity contribution in [2.24, 2.45) is 0 Å². The van der Waals surface area contributed by atoms with E-state index < -0.39 is 10.9 Å². The van der Waals surface area contributed by atoms with Crippen molar-refractivity contribution >= 4 is 11.7 Å². The Morgan fingerprint density at radius 2 is 2.11 bits per heavy atom.